The molecule has 1 aromatic heterocycles. The van der Waals surface area contributed by atoms with Gasteiger partial charge in [0.05, 0.1) is 18.0 Å². The molecule has 0 spiro atoms. The van der Waals surface area contributed by atoms with Gasteiger partial charge in [0.25, 0.3) is 5.91 Å². The Labute approximate surface area is 176 Å². The van der Waals surface area contributed by atoms with Gasteiger partial charge in [-0.15, -0.1) is 0 Å². The molecular weight excluding hydrogens is 386 g/mol. The van der Waals surface area contributed by atoms with E-state index in [1.165, 1.54) is 6.07 Å². The predicted molar refractivity (Wildman–Crippen MR) is 114 cm³/mol. The molecule has 0 aliphatic carbocycles. The molecule has 0 unspecified atom stereocenters. The molecule has 1 aliphatic rings. The second-order valence-electron chi connectivity index (χ2n) is 8.70. The molecule has 1 aromatic carbocycles. The largest absolute Gasteiger partial charge is 0.487 e. The van der Waals surface area contributed by atoms with Crippen LogP contribution in [-0.4, -0.2) is 35.9 Å². The maximum Gasteiger partial charge on any atom is 0.336 e. The van der Waals surface area contributed by atoms with Gasteiger partial charge in [0, 0.05) is 17.7 Å². The number of carbonyl (C=O) groups excluding carboxylic acids is 1. The second-order valence-corrected chi connectivity index (χ2v) is 8.70. The van der Waals surface area contributed by atoms with Crippen molar-refractivity contribution in [2.45, 2.75) is 65.5 Å². The number of nitrogens with one attached hydrogen (secondary N) is 1. The third-order valence-corrected chi connectivity index (χ3v) is 5.83. The summed E-state index contributed by atoms with van der Waals surface area (Å²) in [5.41, 5.74) is 1.25. The van der Waals surface area contributed by atoms with E-state index in [0.29, 0.717) is 22.5 Å². The molecule has 30 heavy (non-hydrogen) atoms. The number of aliphatic hydroxyl groups excluding tert-OH is 1. The van der Waals surface area contributed by atoms with Crippen LogP contribution in [0.1, 0.15) is 51.7 Å². The maximum absolute atomic E-state index is 12.4. The summed E-state index contributed by atoms with van der Waals surface area (Å²) < 4.78 is 17.5. The van der Waals surface area contributed by atoms with Crippen LogP contribution in [0.4, 0.5) is 0 Å². The summed E-state index contributed by atoms with van der Waals surface area (Å²) in [6.45, 7) is 9.46. The summed E-state index contributed by atoms with van der Waals surface area (Å²) >= 11 is 0. The number of fused-ring (bicyclic) bond motifs is 3. The van der Waals surface area contributed by atoms with Crippen LogP contribution >= 0.6 is 0 Å². The van der Waals surface area contributed by atoms with Crippen molar-refractivity contribution < 1.29 is 23.8 Å². The Hall–Kier alpha value is -2.54. The van der Waals surface area contributed by atoms with Crippen LogP contribution in [0.3, 0.4) is 0 Å². The van der Waals surface area contributed by atoms with Crippen LogP contribution in [0.5, 0.6) is 11.5 Å². The molecule has 2 heterocycles. The van der Waals surface area contributed by atoms with Gasteiger partial charge >= 0.3 is 5.63 Å². The zero-order valence-corrected chi connectivity index (χ0v) is 18.3. The molecule has 0 saturated heterocycles. The molecule has 3 rings (SSSR count). The van der Waals surface area contributed by atoms with E-state index in [1.807, 2.05) is 34.6 Å². The smallest absolute Gasteiger partial charge is 0.336 e. The van der Waals surface area contributed by atoms with Gasteiger partial charge in [-0.25, -0.2) is 4.79 Å². The van der Waals surface area contributed by atoms with Crippen molar-refractivity contribution in [2.75, 3.05) is 13.2 Å². The Morgan fingerprint density at radius 1 is 1.37 bits per heavy atom. The summed E-state index contributed by atoms with van der Waals surface area (Å²) in [5.74, 6) is 0.866. The lowest BCUT2D eigenvalue weighted by atomic mass is 9.92. The lowest BCUT2D eigenvalue weighted by Gasteiger charge is -2.33. The Bertz CT molecular complexity index is 993. The third kappa shape index (κ3) is 4.61. The van der Waals surface area contributed by atoms with Gasteiger partial charge in [-0.3, -0.25) is 4.79 Å². The molecule has 2 aromatic rings. The molecule has 2 atom stereocenters. The van der Waals surface area contributed by atoms with Crippen molar-refractivity contribution in [1.82, 2.24) is 5.32 Å². The Balaban J connectivity index is 1.92. The van der Waals surface area contributed by atoms with Gasteiger partial charge in [0.1, 0.15) is 22.7 Å². The fraction of sp³-hybridized carbons (Fsp3) is 0.565. The minimum atomic E-state index is -0.429. The number of amides is 1. The van der Waals surface area contributed by atoms with E-state index in [4.69, 9.17) is 13.9 Å². The van der Waals surface area contributed by atoms with E-state index in [2.05, 4.69) is 5.32 Å². The number of carbonyl (C=O) groups is 1. The quantitative estimate of drug-likeness (QED) is 0.672. The molecule has 7 nitrogen and oxygen atoms in total. The zero-order valence-electron chi connectivity index (χ0n) is 18.3. The van der Waals surface area contributed by atoms with E-state index in [9.17, 15) is 14.7 Å². The van der Waals surface area contributed by atoms with E-state index in [0.717, 1.165) is 30.4 Å². The topological polar surface area (TPSA) is 98.0 Å². The van der Waals surface area contributed by atoms with Gasteiger partial charge < -0.3 is 24.3 Å². The van der Waals surface area contributed by atoms with E-state index in [-0.39, 0.29) is 36.7 Å². The molecule has 0 radical (unpaired) electrons. The number of rotatable bonds is 7. The Kier molecular flexibility index (Phi) is 6.41. The normalized spacial score (nSPS) is 17.0. The first-order valence-corrected chi connectivity index (χ1v) is 10.5. The van der Waals surface area contributed by atoms with Crippen LogP contribution in [-0.2, 0) is 11.2 Å². The molecular formula is C23H31NO6. The number of hydrogen-bond acceptors (Lipinski definition) is 6. The fourth-order valence-electron chi connectivity index (χ4n) is 3.78. The molecule has 0 fully saturated rings. The monoisotopic (exact) mass is 417 g/mol. The highest BCUT2D eigenvalue weighted by molar-refractivity contribution is 5.91. The van der Waals surface area contributed by atoms with Crippen molar-refractivity contribution in [1.29, 1.82) is 0 Å². The standard InChI is InChI=1S/C23H31NO6/c1-6-13(2)16(11-25)24-19(26)12-28-18-10-17-15(7-8-23(4,5)30-17)22-21(18)14(3)9-20(27)29-22/h9-10,13,16,25H,6-8,11-12H2,1-5H3,(H,24,26)/t13-,16-/m1/s1. The van der Waals surface area contributed by atoms with Crippen LogP contribution in [0.2, 0.25) is 0 Å². The van der Waals surface area contributed by atoms with Crippen LogP contribution in [0.25, 0.3) is 11.0 Å². The predicted octanol–water partition coefficient (Wildman–Crippen LogP) is 3.11. The minimum Gasteiger partial charge on any atom is -0.487 e. The first-order chi connectivity index (χ1) is 14.1. The van der Waals surface area contributed by atoms with Crippen molar-refractivity contribution in [2.24, 2.45) is 5.92 Å². The van der Waals surface area contributed by atoms with Gasteiger partial charge in [0.15, 0.2) is 6.61 Å². The lowest BCUT2D eigenvalue weighted by Crippen LogP contribution is -2.43. The third-order valence-electron chi connectivity index (χ3n) is 5.83. The maximum atomic E-state index is 12.4. The van der Waals surface area contributed by atoms with Crippen molar-refractivity contribution in [3.63, 3.8) is 0 Å². The summed E-state index contributed by atoms with van der Waals surface area (Å²) in [6, 6.07) is 2.87. The Morgan fingerprint density at radius 2 is 2.10 bits per heavy atom. The minimum absolute atomic E-state index is 0.129. The number of aryl methyl sites for hydroxylation is 2. The van der Waals surface area contributed by atoms with E-state index < -0.39 is 5.63 Å². The highest BCUT2D eigenvalue weighted by Gasteiger charge is 2.30. The summed E-state index contributed by atoms with van der Waals surface area (Å²) in [4.78, 5) is 24.4. The molecule has 0 saturated carbocycles. The molecule has 7 heteroatoms. The average molecular weight is 418 g/mol. The molecule has 164 valence electrons. The number of ether oxygens (including phenoxy) is 2. The van der Waals surface area contributed by atoms with Crippen LogP contribution < -0.4 is 20.4 Å². The lowest BCUT2D eigenvalue weighted by molar-refractivity contribution is -0.124. The molecule has 1 amide bonds. The molecule has 0 bridgehead atoms. The van der Waals surface area contributed by atoms with E-state index >= 15 is 0 Å². The zero-order chi connectivity index (χ0) is 22.1. The van der Waals surface area contributed by atoms with Crippen molar-refractivity contribution in [3.8, 4) is 11.5 Å². The van der Waals surface area contributed by atoms with Crippen molar-refractivity contribution >= 4 is 16.9 Å². The van der Waals surface area contributed by atoms with E-state index in [1.54, 1.807) is 6.07 Å². The number of hydrogen-bond donors (Lipinski definition) is 2. The van der Waals surface area contributed by atoms with Gasteiger partial charge in [-0.2, -0.15) is 0 Å². The second kappa shape index (κ2) is 8.68. The number of benzene rings is 1. The first-order valence-electron chi connectivity index (χ1n) is 10.5. The summed E-state index contributed by atoms with van der Waals surface area (Å²) in [6.07, 6.45) is 2.36. The molecule has 2 N–H and O–H groups in total. The van der Waals surface area contributed by atoms with Crippen LogP contribution in [0, 0.1) is 12.8 Å². The highest BCUT2D eigenvalue weighted by atomic mass is 16.5. The SMILES string of the molecule is CC[C@@H](C)[C@@H](CO)NC(=O)COc1cc2c(c3oc(=O)cc(C)c13)CCC(C)(C)O2. The van der Waals surface area contributed by atoms with Gasteiger partial charge in [-0.1, -0.05) is 20.3 Å². The molecule has 1 aliphatic heterocycles. The highest BCUT2D eigenvalue weighted by Crippen LogP contribution is 2.42. The van der Waals surface area contributed by atoms with Gasteiger partial charge in [-0.05, 0) is 45.1 Å². The fourth-order valence-corrected chi connectivity index (χ4v) is 3.78. The first kappa shape index (κ1) is 22.2. The average Bonchev–Trinajstić information content (AvgIpc) is 2.68. The van der Waals surface area contributed by atoms with Crippen molar-refractivity contribution in [3.05, 3.63) is 33.7 Å². The number of aliphatic hydroxyl groups is 1. The van der Waals surface area contributed by atoms with Crippen LogP contribution in [0.15, 0.2) is 21.3 Å². The van der Waals surface area contributed by atoms with Gasteiger partial charge in [0.2, 0.25) is 0 Å². The summed E-state index contributed by atoms with van der Waals surface area (Å²) in [5, 5.41) is 13.0. The summed E-state index contributed by atoms with van der Waals surface area (Å²) in [7, 11) is 0. The Morgan fingerprint density at radius 3 is 2.77 bits per heavy atom.